The molecule has 2 aromatic rings. The van der Waals surface area contributed by atoms with Gasteiger partial charge in [-0.3, -0.25) is 9.36 Å². The molecule has 8 heteroatoms. The molecule has 2 rings (SSSR count). The first-order chi connectivity index (χ1) is 9.76. The highest BCUT2D eigenvalue weighted by Crippen LogP contribution is 2.21. The van der Waals surface area contributed by atoms with Crippen molar-refractivity contribution in [2.24, 2.45) is 7.05 Å². The van der Waals surface area contributed by atoms with Gasteiger partial charge in [-0.05, 0) is 27.7 Å². The second-order valence-corrected chi connectivity index (χ2v) is 6.78. The molecule has 0 saturated carbocycles. The van der Waals surface area contributed by atoms with E-state index in [-0.39, 0.29) is 10.9 Å². The summed E-state index contributed by atoms with van der Waals surface area (Å²) in [6.07, 6.45) is 3.22. The molecule has 0 spiro atoms. The molecule has 2 heterocycles. The summed E-state index contributed by atoms with van der Waals surface area (Å²) in [5, 5.41) is 8.32. The number of aromatic nitrogens is 4. The number of nitrogens with one attached hydrogen (secondary N) is 1. The van der Waals surface area contributed by atoms with E-state index in [9.17, 15) is 8.42 Å². The van der Waals surface area contributed by atoms with Crippen LogP contribution in [0.2, 0.25) is 0 Å². The Morgan fingerprint density at radius 1 is 1.38 bits per heavy atom. The Morgan fingerprint density at radius 2 is 2.05 bits per heavy atom. The molecule has 0 amide bonds. The van der Waals surface area contributed by atoms with E-state index in [0.717, 1.165) is 17.8 Å². The van der Waals surface area contributed by atoms with Gasteiger partial charge in [0.2, 0.25) is 10.0 Å². The maximum Gasteiger partial charge on any atom is 0.244 e. The monoisotopic (exact) mass is 311 g/mol. The number of aryl methyl sites for hydroxylation is 3. The predicted octanol–water partition coefficient (Wildman–Crippen LogP) is 1.29. The van der Waals surface area contributed by atoms with Crippen molar-refractivity contribution >= 4 is 10.0 Å². The van der Waals surface area contributed by atoms with Gasteiger partial charge in [-0.1, -0.05) is 0 Å². The molecule has 0 aliphatic rings. The van der Waals surface area contributed by atoms with Crippen molar-refractivity contribution in [2.45, 2.75) is 45.2 Å². The summed E-state index contributed by atoms with van der Waals surface area (Å²) in [6, 6.07) is -0.352. The van der Waals surface area contributed by atoms with Crippen LogP contribution < -0.4 is 4.72 Å². The molecule has 0 radical (unpaired) electrons. The number of hydrogen-bond donors (Lipinski definition) is 1. The normalized spacial score (nSPS) is 13.6. The van der Waals surface area contributed by atoms with Crippen LogP contribution in [-0.2, 0) is 23.6 Å². The van der Waals surface area contributed by atoms with Crippen LogP contribution in [0.1, 0.15) is 36.8 Å². The van der Waals surface area contributed by atoms with E-state index in [1.165, 1.54) is 10.9 Å². The lowest BCUT2D eigenvalue weighted by Gasteiger charge is -2.14. The van der Waals surface area contributed by atoms with Crippen molar-refractivity contribution in [1.29, 1.82) is 0 Å². The van der Waals surface area contributed by atoms with Crippen LogP contribution in [0.25, 0.3) is 0 Å². The van der Waals surface area contributed by atoms with E-state index in [1.54, 1.807) is 20.2 Å². The highest BCUT2D eigenvalue weighted by Gasteiger charge is 2.24. The molecule has 1 atom stereocenters. The van der Waals surface area contributed by atoms with Gasteiger partial charge in [0.05, 0.1) is 11.9 Å². The fourth-order valence-corrected chi connectivity index (χ4v) is 3.85. The maximum atomic E-state index is 12.4. The summed E-state index contributed by atoms with van der Waals surface area (Å²) in [5.41, 5.74) is 2.33. The first kappa shape index (κ1) is 15.7. The van der Waals surface area contributed by atoms with Crippen LogP contribution in [0.3, 0.4) is 0 Å². The Hall–Kier alpha value is -1.67. The molecule has 0 aliphatic carbocycles. The van der Waals surface area contributed by atoms with Crippen molar-refractivity contribution in [3.05, 3.63) is 29.3 Å². The van der Waals surface area contributed by atoms with Crippen LogP contribution >= 0.6 is 0 Å². The molecule has 0 aliphatic heterocycles. The van der Waals surface area contributed by atoms with Crippen molar-refractivity contribution in [3.8, 4) is 0 Å². The third kappa shape index (κ3) is 3.01. The molecule has 0 bridgehead atoms. The molecule has 1 unspecified atom stereocenters. The molecule has 21 heavy (non-hydrogen) atoms. The van der Waals surface area contributed by atoms with Crippen molar-refractivity contribution in [2.75, 3.05) is 0 Å². The molecule has 1 N–H and O–H groups in total. The summed E-state index contributed by atoms with van der Waals surface area (Å²) in [4.78, 5) is 0.206. The minimum Gasteiger partial charge on any atom is -0.274 e. The zero-order chi connectivity index (χ0) is 15.8. The largest absolute Gasteiger partial charge is 0.274 e. The number of nitrogens with zero attached hydrogens (tertiary/aromatic N) is 4. The molecule has 0 saturated heterocycles. The Bertz CT molecular complexity index is 745. The Labute approximate surface area is 125 Å². The highest BCUT2D eigenvalue weighted by atomic mass is 32.2. The van der Waals surface area contributed by atoms with Crippen LogP contribution in [-0.4, -0.2) is 28.0 Å². The lowest BCUT2D eigenvalue weighted by molar-refractivity contribution is 0.565. The maximum absolute atomic E-state index is 12.4. The minimum absolute atomic E-state index is 0.206. The number of rotatable bonds is 5. The Balaban J connectivity index is 2.28. The van der Waals surface area contributed by atoms with E-state index in [4.69, 9.17) is 0 Å². The summed E-state index contributed by atoms with van der Waals surface area (Å²) in [6.45, 7) is 8.18. The second-order valence-electron chi connectivity index (χ2n) is 5.10. The van der Waals surface area contributed by atoms with E-state index in [1.807, 2.05) is 25.5 Å². The Kier molecular flexibility index (Phi) is 4.20. The van der Waals surface area contributed by atoms with Crippen molar-refractivity contribution in [1.82, 2.24) is 24.3 Å². The zero-order valence-corrected chi connectivity index (χ0v) is 13.8. The van der Waals surface area contributed by atoms with Crippen molar-refractivity contribution in [3.63, 3.8) is 0 Å². The lowest BCUT2D eigenvalue weighted by atomic mass is 10.1. The molecular weight excluding hydrogens is 290 g/mol. The fraction of sp³-hybridized carbons (Fsp3) is 0.538. The van der Waals surface area contributed by atoms with Crippen molar-refractivity contribution < 1.29 is 8.42 Å². The van der Waals surface area contributed by atoms with Gasteiger partial charge in [0.1, 0.15) is 4.90 Å². The standard InChI is InChI=1S/C13H21N5O2S/c1-6-18-11(4)12(7-14-18)9(2)16-21(19,20)13-8-17(5)15-10(13)3/h7-9,16H,6H2,1-5H3. The van der Waals surface area contributed by atoms with Crippen LogP contribution in [0, 0.1) is 13.8 Å². The highest BCUT2D eigenvalue weighted by molar-refractivity contribution is 7.89. The average molecular weight is 311 g/mol. The van der Waals surface area contributed by atoms with Gasteiger partial charge in [0.15, 0.2) is 0 Å². The topological polar surface area (TPSA) is 81.8 Å². The molecule has 0 aromatic carbocycles. The van der Waals surface area contributed by atoms with Gasteiger partial charge in [0, 0.05) is 37.1 Å². The van der Waals surface area contributed by atoms with Gasteiger partial charge >= 0.3 is 0 Å². The average Bonchev–Trinajstić information content (AvgIpc) is 2.91. The minimum atomic E-state index is -3.60. The van der Waals surface area contributed by atoms with Gasteiger partial charge in [-0.15, -0.1) is 0 Å². The molecular formula is C13H21N5O2S. The van der Waals surface area contributed by atoms with E-state index in [0.29, 0.717) is 5.69 Å². The van der Waals surface area contributed by atoms with E-state index >= 15 is 0 Å². The summed E-state index contributed by atoms with van der Waals surface area (Å²) in [5.74, 6) is 0. The second kappa shape index (κ2) is 5.61. The number of hydrogen-bond acceptors (Lipinski definition) is 4. The third-order valence-electron chi connectivity index (χ3n) is 3.50. The number of sulfonamides is 1. The summed E-state index contributed by atoms with van der Waals surface area (Å²) < 4.78 is 30.9. The SMILES string of the molecule is CCn1ncc(C(C)NS(=O)(=O)c2cn(C)nc2C)c1C. The van der Waals surface area contributed by atoms with E-state index < -0.39 is 10.0 Å². The van der Waals surface area contributed by atoms with Crippen LogP contribution in [0.5, 0.6) is 0 Å². The van der Waals surface area contributed by atoms with Gasteiger partial charge < -0.3 is 0 Å². The first-order valence-corrected chi connectivity index (χ1v) is 8.29. The van der Waals surface area contributed by atoms with Crippen LogP contribution in [0.15, 0.2) is 17.3 Å². The van der Waals surface area contributed by atoms with Crippen LogP contribution in [0.4, 0.5) is 0 Å². The summed E-state index contributed by atoms with van der Waals surface area (Å²) in [7, 11) is -1.90. The molecule has 116 valence electrons. The molecule has 2 aromatic heterocycles. The van der Waals surface area contributed by atoms with Gasteiger partial charge in [-0.2, -0.15) is 10.2 Å². The zero-order valence-electron chi connectivity index (χ0n) is 13.0. The first-order valence-electron chi connectivity index (χ1n) is 6.81. The smallest absolute Gasteiger partial charge is 0.244 e. The quantitative estimate of drug-likeness (QED) is 0.902. The van der Waals surface area contributed by atoms with E-state index in [2.05, 4.69) is 14.9 Å². The van der Waals surface area contributed by atoms with Gasteiger partial charge in [-0.25, -0.2) is 13.1 Å². The third-order valence-corrected chi connectivity index (χ3v) is 5.14. The predicted molar refractivity (Wildman–Crippen MR) is 79.3 cm³/mol. The van der Waals surface area contributed by atoms with Gasteiger partial charge in [0.25, 0.3) is 0 Å². The Morgan fingerprint density at radius 3 is 2.52 bits per heavy atom. The molecule has 0 fully saturated rings. The lowest BCUT2D eigenvalue weighted by Crippen LogP contribution is -2.27. The fourth-order valence-electron chi connectivity index (χ4n) is 2.41. The summed E-state index contributed by atoms with van der Waals surface area (Å²) >= 11 is 0. The molecule has 7 nitrogen and oxygen atoms in total.